The first kappa shape index (κ1) is 16.3. The smallest absolute Gasteiger partial charge is 0.0345 e. The lowest BCUT2D eigenvalue weighted by molar-refractivity contribution is 0.230. The second-order valence-corrected chi connectivity index (χ2v) is 6.84. The van der Waals surface area contributed by atoms with E-state index in [0.717, 1.165) is 6.54 Å². The molecule has 1 N–H and O–H groups in total. The van der Waals surface area contributed by atoms with E-state index in [2.05, 4.69) is 67.3 Å². The van der Waals surface area contributed by atoms with Crippen LogP contribution in [-0.4, -0.2) is 49.1 Å². The maximum Gasteiger partial charge on any atom is 0.0345 e. The van der Waals surface area contributed by atoms with Crippen molar-refractivity contribution in [1.82, 2.24) is 9.80 Å². The largest absolute Gasteiger partial charge is 0.382 e. The third-order valence-corrected chi connectivity index (χ3v) is 4.29. The summed E-state index contributed by atoms with van der Waals surface area (Å²) in [6.45, 7) is 8.07. The number of likely N-dealkylation sites (tertiary alicyclic amines) is 1. The normalized spacial score (nSPS) is 20.8. The van der Waals surface area contributed by atoms with E-state index in [1.54, 1.807) is 0 Å². The summed E-state index contributed by atoms with van der Waals surface area (Å²) in [5.74, 6) is 0. The molecule has 0 saturated carbocycles. The Labute approximate surface area is 130 Å². The number of nitrogens with one attached hydrogen (secondary N) is 1. The lowest BCUT2D eigenvalue weighted by Crippen LogP contribution is -2.32. The summed E-state index contributed by atoms with van der Waals surface area (Å²) < 4.78 is 0. The van der Waals surface area contributed by atoms with E-state index in [9.17, 15) is 0 Å². The van der Waals surface area contributed by atoms with Crippen LogP contribution in [0.3, 0.4) is 0 Å². The average molecular weight is 289 g/mol. The van der Waals surface area contributed by atoms with Crippen molar-refractivity contribution in [1.29, 1.82) is 0 Å². The number of nitrogens with zero attached hydrogens (tertiary/aromatic N) is 2. The summed E-state index contributed by atoms with van der Waals surface area (Å²) in [4.78, 5) is 4.81. The monoisotopic (exact) mass is 289 g/mol. The van der Waals surface area contributed by atoms with Gasteiger partial charge in [0.05, 0.1) is 0 Å². The van der Waals surface area contributed by atoms with Gasteiger partial charge >= 0.3 is 0 Å². The summed E-state index contributed by atoms with van der Waals surface area (Å²) >= 11 is 0. The number of benzene rings is 1. The molecule has 1 unspecified atom stereocenters. The van der Waals surface area contributed by atoms with E-state index < -0.39 is 0 Å². The zero-order valence-electron chi connectivity index (χ0n) is 14.1. The highest BCUT2D eigenvalue weighted by Crippen LogP contribution is 2.19. The molecule has 1 fully saturated rings. The molecule has 3 heteroatoms. The van der Waals surface area contributed by atoms with Crippen molar-refractivity contribution in [2.75, 3.05) is 32.5 Å². The van der Waals surface area contributed by atoms with Crippen molar-refractivity contribution >= 4 is 5.69 Å². The number of anilines is 1. The average Bonchev–Trinajstić information content (AvgIpc) is 2.64. The molecule has 1 atom stereocenters. The Morgan fingerprint density at radius 1 is 1.24 bits per heavy atom. The molecule has 0 aromatic heterocycles. The first-order valence-electron chi connectivity index (χ1n) is 8.29. The predicted octanol–water partition coefficient (Wildman–Crippen LogP) is 3.42. The fourth-order valence-electron chi connectivity index (χ4n) is 3.14. The van der Waals surface area contributed by atoms with Crippen LogP contribution >= 0.6 is 0 Å². The van der Waals surface area contributed by atoms with Gasteiger partial charge in [-0.1, -0.05) is 12.1 Å². The van der Waals surface area contributed by atoms with Crippen LogP contribution < -0.4 is 5.32 Å². The van der Waals surface area contributed by atoms with E-state index in [-0.39, 0.29) is 0 Å². The van der Waals surface area contributed by atoms with Crippen LogP contribution in [0.1, 0.15) is 38.7 Å². The van der Waals surface area contributed by atoms with Crippen LogP contribution in [0.5, 0.6) is 0 Å². The zero-order valence-corrected chi connectivity index (χ0v) is 14.1. The lowest BCUT2D eigenvalue weighted by Gasteiger charge is -2.24. The van der Waals surface area contributed by atoms with Crippen LogP contribution in [0.25, 0.3) is 0 Å². The number of rotatable bonds is 5. The van der Waals surface area contributed by atoms with E-state index >= 15 is 0 Å². The first-order valence-corrected chi connectivity index (χ1v) is 8.29. The SMILES string of the molecule is CC(C)N1CCCC(Nc2cccc(CN(C)C)c2)CC1. The first-order chi connectivity index (χ1) is 10.0. The summed E-state index contributed by atoms with van der Waals surface area (Å²) in [6.07, 6.45) is 3.82. The molecule has 21 heavy (non-hydrogen) atoms. The van der Waals surface area contributed by atoms with Gasteiger partial charge in [0.15, 0.2) is 0 Å². The topological polar surface area (TPSA) is 18.5 Å². The van der Waals surface area contributed by atoms with Gasteiger partial charge in [-0.15, -0.1) is 0 Å². The van der Waals surface area contributed by atoms with Gasteiger partial charge in [-0.25, -0.2) is 0 Å². The highest BCUT2D eigenvalue weighted by Gasteiger charge is 2.18. The van der Waals surface area contributed by atoms with Gasteiger partial charge in [-0.05, 0) is 71.4 Å². The third-order valence-electron chi connectivity index (χ3n) is 4.29. The predicted molar refractivity (Wildman–Crippen MR) is 91.8 cm³/mol. The van der Waals surface area contributed by atoms with Crippen LogP contribution in [0.4, 0.5) is 5.69 Å². The fourth-order valence-corrected chi connectivity index (χ4v) is 3.14. The Morgan fingerprint density at radius 2 is 2.05 bits per heavy atom. The van der Waals surface area contributed by atoms with Gasteiger partial charge in [-0.3, -0.25) is 0 Å². The molecule has 0 aliphatic carbocycles. The Morgan fingerprint density at radius 3 is 2.76 bits per heavy atom. The highest BCUT2D eigenvalue weighted by molar-refractivity contribution is 5.46. The van der Waals surface area contributed by atoms with E-state index in [0.29, 0.717) is 12.1 Å². The highest BCUT2D eigenvalue weighted by atomic mass is 15.1. The summed E-state index contributed by atoms with van der Waals surface area (Å²) in [5.41, 5.74) is 2.65. The van der Waals surface area contributed by atoms with Crippen molar-refractivity contribution in [2.24, 2.45) is 0 Å². The minimum atomic E-state index is 0.614. The third kappa shape index (κ3) is 5.33. The Bertz CT molecular complexity index is 428. The Kier molecular flexibility index (Phi) is 6.07. The van der Waals surface area contributed by atoms with Crippen LogP contribution in [-0.2, 0) is 6.54 Å². The maximum absolute atomic E-state index is 3.75. The fraction of sp³-hybridized carbons (Fsp3) is 0.667. The summed E-state index contributed by atoms with van der Waals surface area (Å²) in [7, 11) is 4.23. The van der Waals surface area contributed by atoms with E-state index in [1.165, 1.54) is 43.6 Å². The number of hydrogen-bond donors (Lipinski definition) is 1. The molecule has 3 nitrogen and oxygen atoms in total. The second kappa shape index (κ2) is 7.81. The van der Waals surface area contributed by atoms with Crippen molar-refractivity contribution in [2.45, 2.75) is 51.7 Å². The molecule has 1 aliphatic rings. The molecule has 1 aromatic rings. The quantitative estimate of drug-likeness (QED) is 0.896. The lowest BCUT2D eigenvalue weighted by atomic mass is 10.1. The van der Waals surface area contributed by atoms with Crippen LogP contribution in [0.15, 0.2) is 24.3 Å². The van der Waals surface area contributed by atoms with Crippen molar-refractivity contribution < 1.29 is 0 Å². The van der Waals surface area contributed by atoms with Gasteiger partial charge in [0.1, 0.15) is 0 Å². The van der Waals surface area contributed by atoms with Crippen LogP contribution in [0, 0.1) is 0 Å². The Balaban J connectivity index is 1.92. The van der Waals surface area contributed by atoms with Gasteiger partial charge in [0, 0.05) is 30.9 Å². The molecule has 1 aromatic carbocycles. The van der Waals surface area contributed by atoms with E-state index in [1.807, 2.05) is 0 Å². The molecule has 0 spiro atoms. The minimum Gasteiger partial charge on any atom is -0.382 e. The van der Waals surface area contributed by atoms with Gasteiger partial charge in [0.2, 0.25) is 0 Å². The number of hydrogen-bond acceptors (Lipinski definition) is 3. The molecule has 1 saturated heterocycles. The maximum atomic E-state index is 3.75. The standard InChI is InChI=1S/C18H31N3/c1-15(2)21-11-6-9-17(10-12-21)19-18-8-5-7-16(13-18)14-20(3)4/h5,7-8,13,15,17,19H,6,9-12,14H2,1-4H3. The molecule has 0 radical (unpaired) electrons. The molecule has 2 rings (SSSR count). The van der Waals surface area contributed by atoms with E-state index in [4.69, 9.17) is 0 Å². The zero-order chi connectivity index (χ0) is 15.2. The summed E-state index contributed by atoms with van der Waals surface area (Å²) in [5, 5.41) is 3.75. The van der Waals surface area contributed by atoms with Crippen LogP contribution in [0.2, 0.25) is 0 Å². The Hall–Kier alpha value is -1.06. The molecule has 1 aliphatic heterocycles. The molecule has 0 bridgehead atoms. The van der Waals surface area contributed by atoms with Crippen molar-refractivity contribution in [3.05, 3.63) is 29.8 Å². The molecular formula is C18H31N3. The van der Waals surface area contributed by atoms with Gasteiger partial charge in [-0.2, -0.15) is 0 Å². The van der Waals surface area contributed by atoms with Crippen molar-refractivity contribution in [3.63, 3.8) is 0 Å². The molecular weight excluding hydrogens is 258 g/mol. The van der Waals surface area contributed by atoms with Gasteiger partial charge in [0.25, 0.3) is 0 Å². The second-order valence-electron chi connectivity index (χ2n) is 6.84. The van der Waals surface area contributed by atoms with Gasteiger partial charge < -0.3 is 15.1 Å². The summed E-state index contributed by atoms with van der Waals surface area (Å²) in [6, 6.07) is 10.2. The minimum absolute atomic E-state index is 0.614. The molecule has 1 heterocycles. The van der Waals surface area contributed by atoms with Crippen molar-refractivity contribution in [3.8, 4) is 0 Å². The molecule has 0 amide bonds. The molecule has 118 valence electrons.